The first-order chi connectivity index (χ1) is 11.2. The molecule has 4 heteroatoms. The number of nitrogens with zero attached hydrogens (tertiary/aromatic N) is 3. The maximum absolute atomic E-state index is 13.0. The molecule has 3 rings (SSSR count). The number of hydrogen-bond donors (Lipinski definition) is 0. The zero-order valence-corrected chi connectivity index (χ0v) is 13.9. The lowest BCUT2D eigenvalue weighted by molar-refractivity contribution is 0.0650. The van der Waals surface area contributed by atoms with Crippen LogP contribution in [0.4, 0.5) is 0 Å². The van der Waals surface area contributed by atoms with E-state index in [2.05, 4.69) is 22.8 Å². The summed E-state index contributed by atoms with van der Waals surface area (Å²) in [5.74, 6) is 0.134. The van der Waals surface area contributed by atoms with Crippen molar-refractivity contribution in [1.82, 2.24) is 9.80 Å². The molecule has 4 nitrogen and oxygen atoms in total. The molecule has 2 fully saturated rings. The fourth-order valence-electron chi connectivity index (χ4n) is 4.20. The molecule has 1 aromatic rings. The third-order valence-corrected chi connectivity index (χ3v) is 5.28. The van der Waals surface area contributed by atoms with E-state index in [9.17, 15) is 4.79 Å². The molecule has 0 aromatic heterocycles. The van der Waals surface area contributed by atoms with Crippen molar-refractivity contribution < 1.29 is 4.79 Å². The summed E-state index contributed by atoms with van der Waals surface area (Å²) in [6.07, 6.45) is 5.02. The van der Waals surface area contributed by atoms with Crippen LogP contribution in [0.1, 0.15) is 48.5 Å². The first-order valence-corrected chi connectivity index (χ1v) is 8.75. The maximum Gasteiger partial charge on any atom is 0.254 e. The number of rotatable bonds is 4. The van der Waals surface area contributed by atoms with Crippen LogP contribution in [-0.4, -0.2) is 47.4 Å². The Kier molecular flexibility index (Phi) is 4.97. The van der Waals surface area contributed by atoms with Crippen LogP contribution in [-0.2, 0) is 6.42 Å². The standard InChI is InChI=1S/C19H25N3O/c1-2-21-12-4-8-17(21)18-9-5-13-22(18)19(23)16-7-3-6-15(14-16)10-11-20/h3,6-7,14,17-18H,2,4-5,8-10,12-13H2,1H3/t17-,18+/m0/s1. The number of nitriles is 1. The molecular weight excluding hydrogens is 286 g/mol. The molecule has 122 valence electrons. The molecule has 0 radical (unpaired) electrons. The molecule has 23 heavy (non-hydrogen) atoms. The van der Waals surface area contributed by atoms with Gasteiger partial charge in [0.2, 0.25) is 0 Å². The highest BCUT2D eigenvalue weighted by molar-refractivity contribution is 5.94. The second-order valence-electron chi connectivity index (χ2n) is 6.58. The van der Waals surface area contributed by atoms with Gasteiger partial charge in [0.05, 0.1) is 12.5 Å². The summed E-state index contributed by atoms with van der Waals surface area (Å²) in [5.41, 5.74) is 1.65. The van der Waals surface area contributed by atoms with Crippen molar-refractivity contribution in [2.24, 2.45) is 0 Å². The lowest BCUT2D eigenvalue weighted by atomic mass is 10.0. The Morgan fingerprint density at radius 1 is 1.26 bits per heavy atom. The maximum atomic E-state index is 13.0. The lowest BCUT2D eigenvalue weighted by Crippen LogP contribution is -2.48. The molecular formula is C19H25N3O. The number of carbonyl (C=O) groups excluding carboxylic acids is 1. The van der Waals surface area contributed by atoms with Crippen LogP contribution in [0.25, 0.3) is 0 Å². The summed E-state index contributed by atoms with van der Waals surface area (Å²) in [4.78, 5) is 17.6. The van der Waals surface area contributed by atoms with Crippen LogP contribution in [0.15, 0.2) is 24.3 Å². The normalized spacial score (nSPS) is 24.8. The van der Waals surface area contributed by atoms with E-state index in [4.69, 9.17) is 5.26 Å². The van der Waals surface area contributed by atoms with Gasteiger partial charge in [-0.05, 0) is 56.5 Å². The predicted molar refractivity (Wildman–Crippen MR) is 90.1 cm³/mol. The van der Waals surface area contributed by atoms with Gasteiger partial charge in [0, 0.05) is 24.2 Å². The quantitative estimate of drug-likeness (QED) is 0.859. The number of likely N-dealkylation sites (N-methyl/N-ethyl adjacent to an activating group) is 1. The van der Waals surface area contributed by atoms with Gasteiger partial charge in [-0.1, -0.05) is 19.1 Å². The van der Waals surface area contributed by atoms with E-state index in [0.717, 1.165) is 43.6 Å². The molecule has 0 aliphatic carbocycles. The molecule has 0 spiro atoms. The average Bonchev–Trinajstić information content (AvgIpc) is 3.23. The van der Waals surface area contributed by atoms with Crippen LogP contribution in [0, 0.1) is 11.3 Å². The van der Waals surface area contributed by atoms with E-state index in [1.807, 2.05) is 24.3 Å². The van der Waals surface area contributed by atoms with E-state index in [1.165, 1.54) is 12.8 Å². The third-order valence-electron chi connectivity index (χ3n) is 5.28. The van der Waals surface area contributed by atoms with Crippen molar-refractivity contribution in [2.45, 2.75) is 51.1 Å². The van der Waals surface area contributed by atoms with Crippen LogP contribution >= 0.6 is 0 Å². The minimum absolute atomic E-state index is 0.134. The third kappa shape index (κ3) is 3.25. The van der Waals surface area contributed by atoms with Gasteiger partial charge in [-0.15, -0.1) is 0 Å². The molecule has 0 bridgehead atoms. The molecule has 0 unspecified atom stereocenters. The smallest absolute Gasteiger partial charge is 0.254 e. The van der Waals surface area contributed by atoms with E-state index in [0.29, 0.717) is 18.5 Å². The van der Waals surface area contributed by atoms with Gasteiger partial charge >= 0.3 is 0 Å². The fourth-order valence-corrected chi connectivity index (χ4v) is 4.20. The van der Waals surface area contributed by atoms with Gasteiger partial charge in [0.25, 0.3) is 5.91 Å². The average molecular weight is 311 g/mol. The lowest BCUT2D eigenvalue weighted by Gasteiger charge is -2.34. The van der Waals surface area contributed by atoms with E-state index in [-0.39, 0.29) is 5.91 Å². The summed E-state index contributed by atoms with van der Waals surface area (Å²) < 4.78 is 0. The van der Waals surface area contributed by atoms with E-state index in [1.54, 1.807) is 0 Å². The molecule has 2 aliphatic heterocycles. The zero-order valence-electron chi connectivity index (χ0n) is 13.9. The van der Waals surface area contributed by atoms with Crippen LogP contribution in [0.3, 0.4) is 0 Å². The van der Waals surface area contributed by atoms with Crippen molar-refractivity contribution in [3.8, 4) is 6.07 Å². The number of benzene rings is 1. The highest BCUT2D eigenvalue weighted by Crippen LogP contribution is 2.30. The van der Waals surface area contributed by atoms with E-state index < -0.39 is 0 Å². The minimum atomic E-state index is 0.134. The summed E-state index contributed by atoms with van der Waals surface area (Å²) in [5, 5.41) is 8.85. The monoisotopic (exact) mass is 311 g/mol. The molecule has 1 aromatic carbocycles. The van der Waals surface area contributed by atoms with Crippen molar-refractivity contribution in [2.75, 3.05) is 19.6 Å². The molecule has 2 atom stereocenters. The summed E-state index contributed by atoms with van der Waals surface area (Å²) >= 11 is 0. The summed E-state index contributed by atoms with van der Waals surface area (Å²) in [6.45, 7) is 5.31. The van der Waals surface area contributed by atoms with Crippen LogP contribution in [0.5, 0.6) is 0 Å². The molecule has 2 heterocycles. The highest BCUT2D eigenvalue weighted by atomic mass is 16.2. The van der Waals surface area contributed by atoms with Gasteiger partial charge in [0.15, 0.2) is 0 Å². The molecule has 0 saturated carbocycles. The Labute approximate surface area is 138 Å². The second-order valence-corrected chi connectivity index (χ2v) is 6.58. The van der Waals surface area contributed by atoms with Crippen molar-refractivity contribution >= 4 is 5.91 Å². The first-order valence-electron chi connectivity index (χ1n) is 8.75. The largest absolute Gasteiger partial charge is 0.334 e. The molecule has 2 aliphatic rings. The second kappa shape index (κ2) is 7.14. The number of amides is 1. The first kappa shape index (κ1) is 16.0. The molecule has 0 N–H and O–H groups in total. The van der Waals surface area contributed by atoms with Crippen molar-refractivity contribution in [3.63, 3.8) is 0 Å². The van der Waals surface area contributed by atoms with Gasteiger partial charge in [-0.3, -0.25) is 9.69 Å². The minimum Gasteiger partial charge on any atom is -0.334 e. The van der Waals surface area contributed by atoms with Gasteiger partial charge in [-0.25, -0.2) is 0 Å². The Morgan fingerprint density at radius 2 is 2.04 bits per heavy atom. The van der Waals surface area contributed by atoms with Crippen LogP contribution < -0.4 is 0 Å². The van der Waals surface area contributed by atoms with Gasteiger partial charge in [0.1, 0.15) is 0 Å². The molecule has 1 amide bonds. The Morgan fingerprint density at radius 3 is 2.83 bits per heavy atom. The Hall–Kier alpha value is -1.86. The van der Waals surface area contributed by atoms with E-state index >= 15 is 0 Å². The van der Waals surface area contributed by atoms with Gasteiger partial charge in [-0.2, -0.15) is 5.26 Å². The fraction of sp³-hybridized carbons (Fsp3) is 0.579. The topological polar surface area (TPSA) is 47.3 Å². The van der Waals surface area contributed by atoms with Gasteiger partial charge < -0.3 is 4.90 Å². The number of likely N-dealkylation sites (tertiary alicyclic amines) is 2. The van der Waals surface area contributed by atoms with Crippen molar-refractivity contribution in [3.05, 3.63) is 35.4 Å². The Bertz CT molecular complexity index is 607. The molecule has 2 saturated heterocycles. The summed E-state index contributed by atoms with van der Waals surface area (Å²) in [7, 11) is 0. The number of hydrogen-bond acceptors (Lipinski definition) is 3. The summed E-state index contributed by atoms with van der Waals surface area (Å²) in [6, 6.07) is 10.6. The highest BCUT2D eigenvalue weighted by Gasteiger charge is 2.39. The zero-order chi connectivity index (χ0) is 16.2. The predicted octanol–water partition coefficient (Wildman–Crippen LogP) is 2.84. The van der Waals surface area contributed by atoms with Crippen LogP contribution in [0.2, 0.25) is 0 Å². The number of carbonyl (C=O) groups is 1. The Balaban J connectivity index is 1.78. The van der Waals surface area contributed by atoms with Crippen molar-refractivity contribution in [1.29, 1.82) is 5.26 Å². The SMILES string of the molecule is CCN1CCC[C@H]1[C@H]1CCCN1C(=O)c1cccc(CC#N)c1.